The Bertz CT molecular complexity index is 561. The van der Waals surface area contributed by atoms with Crippen LogP contribution in [0.3, 0.4) is 0 Å². The highest BCUT2D eigenvalue weighted by Gasteiger charge is 2.58. The summed E-state index contributed by atoms with van der Waals surface area (Å²) >= 11 is 0. The number of carbonyl (C=O) groups excluding carboxylic acids is 1. The van der Waals surface area contributed by atoms with Crippen LogP contribution in [0.25, 0.3) is 0 Å². The summed E-state index contributed by atoms with van der Waals surface area (Å²) in [6.07, 6.45) is 2.77. The molecule has 0 radical (unpaired) electrons. The molecule has 0 bridgehead atoms. The van der Waals surface area contributed by atoms with Crippen LogP contribution in [0.15, 0.2) is 4.99 Å². The molecular formula is C20H38IN5O2. The summed E-state index contributed by atoms with van der Waals surface area (Å²) in [6, 6.07) is 0.608. The van der Waals surface area contributed by atoms with Crippen molar-refractivity contribution in [2.24, 2.45) is 16.3 Å². The van der Waals surface area contributed by atoms with Gasteiger partial charge in [-0.2, -0.15) is 0 Å². The number of halogens is 1. The van der Waals surface area contributed by atoms with E-state index < -0.39 is 0 Å². The van der Waals surface area contributed by atoms with Gasteiger partial charge in [0, 0.05) is 63.3 Å². The highest BCUT2D eigenvalue weighted by molar-refractivity contribution is 14.0. The topological polar surface area (TPSA) is 69.2 Å². The van der Waals surface area contributed by atoms with Crippen molar-refractivity contribution in [1.82, 2.24) is 20.4 Å². The van der Waals surface area contributed by atoms with Crippen molar-refractivity contribution in [3.8, 4) is 0 Å². The Balaban J connectivity index is 0.00000280. The molecule has 1 saturated carbocycles. The number of rotatable bonds is 4. The third-order valence-electron chi connectivity index (χ3n) is 6.32. The number of aliphatic imine (C=N–C) groups is 1. The first-order valence-electron chi connectivity index (χ1n) is 10.4. The van der Waals surface area contributed by atoms with E-state index in [2.05, 4.69) is 39.3 Å². The van der Waals surface area contributed by atoms with E-state index in [4.69, 9.17) is 4.74 Å². The van der Waals surface area contributed by atoms with Crippen LogP contribution < -0.4 is 10.6 Å². The summed E-state index contributed by atoms with van der Waals surface area (Å²) in [5.74, 6) is 1.69. The number of hydrogen-bond donors (Lipinski definition) is 2. The summed E-state index contributed by atoms with van der Waals surface area (Å²) in [6.45, 7) is 13.5. The van der Waals surface area contributed by atoms with E-state index in [-0.39, 0.29) is 41.3 Å². The lowest BCUT2D eigenvalue weighted by Crippen LogP contribution is -2.71. The SMILES string of the molecule is CN=C(NC1C2CCCOC2C1(C)C)N1CCN(CC(=O)NC(C)C)CC1.I. The monoisotopic (exact) mass is 507 g/mol. The van der Waals surface area contributed by atoms with Gasteiger partial charge >= 0.3 is 0 Å². The van der Waals surface area contributed by atoms with E-state index in [0.29, 0.717) is 24.6 Å². The molecule has 0 aromatic heterocycles. The Morgan fingerprint density at radius 2 is 1.93 bits per heavy atom. The molecule has 1 aliphatic carbocycles. The van der Waals surface area contributed by atoms with E-state index in [9.17, 15) is 4.79 Å². The maximum atomic E-state index is 12.0. The van der Waals surface area contributed by atoms with Crippen molar-refractivity contribution in [3.05, 3.63) is 0 Å². The van der Waals surface area contributed by atoms with Crippen LogP contribution in [-0.2, 0) is 9.53 Å². The number of nitrogens with one attached hydrogen (secondary N) is 2. The molecule has 2 aliphatic heterocycles. The Kier molecular flexibility index (Phi) is 8.39. The molecule has 7 nitrogen and oxygen atoms in total. The van der Waals surface area contributed by atoms with Gasteiger partial charge in [-0.1, -0.05) is 13.8 Å². The van der Waals surface area contributed by atoms with Crippen molar-refractivity contribution in [1.29, 1.82) is 0 Å². The molecule has 3 rings (SSSR count). The number of guanidine groups is 1. The predicted molar refractivity (Wildman–Crippen MR) is 123 cm³/mol. The van der Waals surface area contributed by atoms with E-state index >= 15 is 0 Å². The molecule has 3 atom stereocenters. The average Bonchev–Trinajstić information content (AvgIpc) is 2.62. The fourth-order valence-electron chi connectivity index (χ4n) is 4.94. The lowest BCUT2D eigenvalue weighted by molar-refractivity contribution is -0.188. The van der Waals surface area contributed by atoms with Gasteiger partial charge in [0.1, 0.15) is 0 Å². The minimum atomic E-state index is 0. The van der Waals surface area contributed by atoms with Crippen LogP contribution in [0.4, 0.5) is 0 Å². The summed E-state index contributed by atoms with van der Waals surface area (Å²) in [5.41, 5.74) is 0.137. The standard InChI is InChI=1S/C20H37N5O2.HI/c1-14(2)22-16(26)13-24-8-10-25(11-9-24)19(21-5)23-17-15-7-6-12-27-18(15)20(17,3)4;/h14-15,17-18H,6-13H2,1-5H3,(H,21,23)(H,22,26);1H. The second-order valence-corrected chi connectivity index (χ2v) is 9.07. The maximum Gasteiger partial charge on any atom is 0.234 e. The third-order valence-corrected chi connectivity index (χ3v) is 6.32. The largest absolute Gasteiger partial charge is 0.377 e. The third kappa shape index (κ3) is 5.11. The maximum absolute atomic E-state index is 12.0. The lowest BCUT2D eigenvalue weighted by atomic mass is 9.55. The molecule has 1 amide bonds. The van der Waals surface area contributed by atoms with E-state index in [0.717, 1.165) is 45.2 Å². The Morgan fingerprint density at radius 3 is 2.54 bits per heavy atom. The molecule has 162 valence electrons. The van der Waals surface area contributed by atoms with E-state index in [1.165, 1.54) is 6.42 Å². The van der Waals surface area contributed by atoms with Gasteiger partial charge < -0.3 is 20.3 Å². The molecule has 8 heteroatoms. The van der Waals surface area contributed by atoms with Crippen LogP contribution in [0.2, 0.25) is 0 Å². The molecule has 2 N–H and O–H groups in total. The first-order chi connectivity index (χ1) is 12.8. The number of carbonyl (C=O) groups is 1. The fourth-order valence-corrected chi connectivity index (χ4v) is 4.94. The number of amides is 1. The van der Waals surface area contributed by atoms with Gasteiger partial charge in [0.05, 0.1) is 12.6 Å². The number of nitrogens with zero attached hydrogens (tertiary/aromatic N) is 3. The van der Waals surface area contributed by atoms with Crippen LogP contribution >= 0.6 is 24.0 Å². The van der Waals surface area contributed by atoms with Gasteiger partial charge in [0.15, 0.2) is 5.96 Å². The normalized spacial score (nSPS) is 30.1. The Labute approximate surface area is 187 Å². The highest BCUT2D eigenvalue weighted by atomic mass is 127. The summed E-state index contributed by atoms with van der Waals surface area (Å²) in [5, 5.41) is 6.71. The molecule has 0 spiro atoms. The number of hydrogen-bond acceptors (Lipinski definition) is 4. The lowest BCUT2D eigenvalue weighted by Gasteiger charge is -2.60. The first-order valence-corrected chi connectivity index (χ1v) is 10.4. The number of ether oxygens (including phenoxy) is 1. The van der Waals surface area contributed by atoms with Crippen LogP contribution in [0.5, 0.6) is 0 Å². The Morgan fingerprint density at radius 1 is 1.25 bits per heavy atom. The minimum absolute atomic E-state index is 0. The molecule has 2 heterocycles. The molecule has 0 aromatic rings. The molecule has 3 aliphatic rings. The fraction of sp³-hybridized carbons (Fsp3) is 0.900. The predicted octanol–water partition coefficient (Wildman–Crippen LogP) is 1.53. The van der Waals surface area contributed by atoms with Crippen molar-refractivity contribution in [2.75, 3.05) is 46.4 Å². The summed E-state index contributed by atoms with van der Waals surface area (Å²) in [4.78, 5) is 21.1. The summed E-state index contributed by atoms with van der Waals surface area (Å²) in [7, 11) is 1.87. The molecule has 28 heavy (non-hydrogen) atoms. The van der Waals surface area contributed by atoms with Gasteiger partial charge in [-0.05, 0) is 26.7 Å². The van der Waals surface area contributed by atoms with Crippen LogP contribution in [-0.4, -0.2) is 86.2 Å². The van der Waals surface area contributed by atoms with Crippen molar-refractivity contribution < 1.29 is 9.53 Å². The molecule has 3 fully saturated rings. The average molecular weight is 507 g/mol. The van der Waals surface area contributed by atoms with Crippen LogP contribution in [0.1, 0.15) is 40.5 Å². The quantitative estimate of drug-likeness (QED) is 0.343. The van der Waals surface area contributed by atoms with Gasteiger partial charge in [-0.3, -0.25) is 14.7 Å². The zero-order valence-electron chi connectivity index (χ0n) is 18.0. The van der Waals surface area contributed by atoms with Gasteiger partial charge in [0.25, 0.3) is 0 Å². The van der Waals surface area contributed by atoms with E-state index in [1.807, 2.05) is 20.9 Å². The molecular weight excluding hydrogens is 469 g/mol. The smallest absolute Gasteiger partial charge is 0.234 e. The zero-order chi connectivity index (χ0) is 19.6. The molecule has 2 saturated heterocycles. The van der Waals surface area contributed by atoms with E-state index in [1.54, 1.807) is 0 Å². The molecule has 0 aromatic carbocycles. The molecule has 3 unspecified atom stereocenters. The van der Waals surface area contributed by atoms with Crippen molar-refractivity contribution >= 4 is 35.8 Å². The zero-order valence-corrected chi connectivity index (χ0v) is 20.4. The second kappa shape index (κ2) is 9.93. The van der Waals surface area contributed by atoms with Gasteiger partial charge in [-0.15, -0.1) is 24.0 Å². The highest BCUT2D eigenvalue weighted by Crippen LogP contribution is 2.51. The summed E-state index contributed by atoms with van der Waals surface area (Å²) < 4.78 is 6.02. The van der Waals surface area contributed by atoms with Crippen LogP contribution in [0, 0.1) is 11.3 Å². The van der Waals surface area contributed by atoms with Gasteiger partial charge in [-0.25, -0.2) is 0 Å². The number of fused-ring (bicyclic) bond motifs is 1. The minimum Gasteiger partial charge on any atom is -0.377 e. The second-order valence-electron chi connectivity index (χ2n) is 9.07. The van der Waals surface area contributed by atoms with Crippen molar-refractivity contribution in [3.63, 3.8) is 0 Å². The van der Waals surface area contributed by atoms with Crippen molar-refractivity contribution in [2.45, 2.75) is 58.7 Å². The van der Waals surface area contributed by atoms with Gasteiger partial charge in [0.2, 0.25) is 5.91 Å². The Hall–Kier alpha value is -0.610. The first kappa shape index (κ1) is 23.7. The number of piperazine rings is 1.